The third-order valence-corrected chi connectivity index (χ3v) is 5.28. The zero-order valence-corrected chi connectivity index (χ0v) is 11.4. The summed E-state index contributed by atoms with van der Waals surface area (Å²) in [5.41, 5.74) is 0.568. The van der Waals surface area contributed by atoms with Gasteiger partial charge in [-0.15, -0.1) is 0 Å². The number of hydrogen-bond acceptors (Lipinski definition) is 3. The predicted octanol–water partition coefficient (Wildman–Crippen LogP) is 1.98. The molecule has 0 unspecified atom stereocenters. The van der Waals surface area contributed by atoms with Gasteiger partial charge in [0.1, 0.15) is 9.84 Å². The molecule has 0 amide bonds. The monoisotopic (exact) mass is 247 g/mol. The quantitative estimate of drug-likeness (QED) is 0.634. The van der Waals surface area contributed by atoms with Crippen LogP contribution in [0.25, 0.3) is 0 Å². The Morgan fingerprint density at radius 2 is 1.94 bits per heavy atom. The zero-order valence-electron chi connectivity index (χ0n) is 10.6. The lowest BCUT2D eigenvalue weighted by atomic mass is 10.0. The molecule has 16 heavy (non-hydrogen) atoms. The molecule has 0 aliphatic heterocycles. The van der Waals surface area contributed by atoms with Gasteiger partial charge in [-0.2, -0.15) is 0 Å². The Bertz CT molecular complexity index is 294. The van der Waals surface area contributed by atoms with Crippen LogP contribution in [-0.4, -0.2) is 33.0 Å². The first-order valence-electron chi connectivity index (χ1n) is 6.45. The zero-order chi connectivity index (χ0) is 12.1. The second kappa shape index (κ2) is 6.01. The second-order valence-electron chi connectivity index (χ2n) is 5.02. The van der Waals surface area contributed by atoms with Crippen LogP contribution < -0.4 is 5.32 Å². The molecule has 0 heterocycles. The van der Waals surface area contributed by atoms with Crippen molar-refractivity contribution in [2.45, 2.75) is 46.0 Å². The fourth-order valence-corrected chi connectivity index (χ4v) is 3.01. The first kappa shape index (κ1) is 14.0. The Morgan fingerprint density at radius 3 is 2.44 bits per heavy atom. The highest BCUT2D eigenvalue weighted by Crippen LogP contribution is 2.48. The predicted molar refractivity (Wildman–Crippen MR) is 68.4 cm³/mol. The first-order chi connectivity index (χ1) is 7.54. The lowest BCUT2D eigenvalue weighted by molar-refractivity contribution is 0.422. The standard InChI is InChI=1S/C12H25NO2S/c1-3-6-12(7-8-12)11-13-9-5-10-16(14,15)4-2/h13H,3-11H2,1-2H3. The number of nitrogens with one attached hydrogen (secondary N) is 1. The van der Waals surface area contributed by atoms with Crippen LogP contribution in [0.5, 0.6) is 0 Å². The van der Waals surface area contributed by atoms with Gasteiger partial charge in [0, 0.05) is 12.3 Å². The van der Waals surface area contributed by atoms with E-state index in [4.69, 9.17) is 0 Å². The fraction of sp³-hybridized carbons (Fsp3) is 1.00. The van der Waals surface area contributed by atoms with E-state index >= 15 is 0 Å². The van der Waals surface area contributed by atoms with Gasteiger partial charge < -0.3 is 5.32 Å². The van der Waals surface area contributed by atoms with Crippen molar-refractivity contribution < 1.29 is 8.42 Å². The van der Waals surface area contributed by atoms with Gasteiger partial charge >= 0.3 is 0 Å². The van der Waals surface area contributed by atoms with Gasteiger partial charge in [0.25, 0.3) is 0 Å². The van der Waals surface area contributed by atoms with Crippen LogP contribution in [0.1, 0.15) is 46.0 Å². The summed E-state index contributed by atoms with van der Waals surface area (Å²) in [6.45, 7) is 5.86. The lowest BCUT2D eigenvalue weighted by Gasteiger charge is -2.14. The van der Waals surface area contributed by atoms with Crippen LogP contribution in [0, 0.1) is 5.41 Å². The van der Waals surface area contributed by atoms with Gasteiger partial charge in [0.2, 0.25) is 0 Å². The minimum atomic E-state index is -2.77. The molecule has 96 valence electrons. The molecule has 1 saturated carbocycles. The van der Waals surface area contributed by atoms with E-state index in [2.05, 4.69) is 12.2 Å². The van der Waals surface area contributed by atoms with Gasteiger partial charge in [-0.05, 0) is 37.6 Å². The summed E-state index contributed by atoms with van der Waals surface area (Å²) in [6, 6.07) is 0. The number of rotatable bonds is 9. The minimum absolute atomic E-state index is 0.271. The van der Waals surface area contributed by atoms with E-state index in [0.717, 1.165) is 19.5 Å². The molecule has 1 N–H and O–H groups in total. The molecule has 1 aliphatic carbocycles. The van der Waals surface area contributed by atoms with Gasteiger partial charge in [0.15, 0.2) is 0 Å². The normalized spacial score (nSPS) is 18.6. The van der Waals surface area contributed by atoms with Crippen LogP contribution in [0.2, 0.25) is 0 Å². The van der Waals surface area contributed by atoms with E-state index in [1.54, 1.807) is 6.92 Å². The van der Waals surface area contributed by atoms with E-state index in [-0.39, 0.29) is 5.75 Å². The number of sulfone groups is 1. The van der Waals surface area contributed by atoms with Crippen LogP contribution in [0.4, 0.5) is 0 Å². The second-order valence-corrected chi connectivity index (χ2v) is 7.49. The number of hydrogen-bond donors (Lipinski definition) is 1. The molecular weight excluding hydrogens is 222 g/mol. The summed E-state index contributed by atoms with van der Waals surface area (Å²) < 4.78 is 22.5. The van der Waals surface area contributed by atoms with Crippen molar-refractivity contribution in [3.05, 3.63) is 0 Å². The van der Waals surface area contributed by atoms with Crippen molar-refractivity contribution in [3.8, 4) is 0 Å². The topological polar surface area (TPSA) is 46.2 Å². The maximum absolute atomic E-state index is 11.2. The van der Waals surface area contributed by atoms with Crippen LogP contribution in [0.3, 0.4) is 0 Å². The van der Waals surface area contributed by atoms with Gasteiger partial charge in [-0.3, -0.25) is 0 Å². The molecule has 0 aromatic rings. The Hall–Kier alpha value is -0.0900. The van der Waals surface area contributed by atoms with Gasteiger partial charge in [-0.25, -0.2) is 8.42 Å². The highest BCUT2D eigenvalue weighted by atomic mass is 32.2. The third-order valence-electron chi connectivity index (χ3n) is 3.49. The van der Waals surface area contributed by atoms with E-state index in [1.165, 1.54) is 25.7 Å². The van der Waals surface area contributed by atoms with Crippen molar-refractivity contribution in [3.63, 3.8) is 0 Å². The SMILES string of the molecule is CCCC1(CNCCCS(=O)(=O)CC)CC1. The molecule has 4 heteroatoms. The van der Waals surface area contributed by atoms with Gasteiger partial charge in [0.05, 0.1) is 5.75 Å². The Kier molecular flexibility index (Phi) is 5.25. The van der Waals surface area contributed by atoms with Gasteiger partial charge in [-0.1, -0.05) is 20.3 Å². The molecule has 0 saturated heterocycles. The highest BCUT2D eigenvalue weighted by molar-refractivity contribution is 7.91. The summed E-state index contributed by atoms with van der Waals surface area (Å²) >= 11 is 0. The van der Waals surface area contributed by atoms with Crippen LogP contribution >= 0.6 is 0 Å². The first-order valence-corrected chi connectivity index (χ1v) is 8.27. The summed E-state index contributed by atoms with van der Waals surface area (Å²) in [4.78, 5) is 0. The van der Waals surface area contributed by atoms with Crippen molar-refractivity contribution >= 4 is 9.84 Å². The van der Waals surface area contributed by atoms with E-state index < -0.39 is 9.84 Å². The Labute approximate surface area is 99.9 Å². The average Bonchev–Trinajstić information content (AvgIpc) is 2.98. The minimum Gasteiger partial charge on any atom is -0.316 e. The van der Waals surface area contributed by atoms with Crippen molar-refractivity contribution in [1.29, 1.82) is 0 Å². The van der Waals surface area contributed by atoms with Crippen molar-refractivity contribution in [1.82, 2.24) is 5.32 Å². The van der Waals surface area contributed by atoms with Crippen LogP contribution in [0.15, 0.2) is 0 Å². The third kappa shape index (κ3) is 4.83. The molecule has 0 aromatic heterocycles. The lowest BCUT2D eigenvalue weighted by Crippen LogP contribution is -2.26. The fourth-order valence-electron chi connectivity index (χ4n) is 2.14. The smallest absolute Gasteiger partial charge is 0.150 e. The Morgan fingerprint density at radius 1 is 1.25 bits per heavy atom. The summed E-state index contributed by atoms with van der Waals surface area (Å²) in [6.07, 6.45) is 6.01. The largest absolute Gasteiger partial charge is 0.316 e. The molecule has 1 rings (SSSR count). The Balaban J connectivity index is 2.04. The average molecular weight is 247 g/mol. The van der Waals surface area contributed by atoms with Crippen molar-refractivity contribution in [2.75, 3.05) is 24.6 Å². The summed E-state index contributed by atoms with van der Waals surface area (Å²) in [7, 11) is -2.77. The molecule has 1 fully saturated rings. The summed E-state index contributed by atoms with van der Waals surface area (Å²) in [5.74, 6) is 0.601. The molecule has 0 bridgehead atoms. The van der Waals surface area contributed by atoms with E-state index in [1.807, 2.05) is 0 Å². The van der Waals surface area contributed by atoms with Crippen LogP contribution in [-0.2, 0) is 9.84 Å². The molecular formula is C12H25NO2S. The van der Waals surface area contributed by atoms with E-state index in [9.17, 15) is 8.42 Å². The molecule has 0 aromatic carbocycles. The maximum atomic E-state index is 11.2. The van der Waals surface area contributed by atoms with E-state index in [0.29, 0.717) is 11.2 Å². The molecule has 3 nitrogen and oxygen atoms in total. The molecule has 0 radical (unpaired) electrons. The summed E-state index contributed by atoms with van der Waals surface area (Å²) in [5, 5.41) is 3.41. The maximum Gasteiger partial charge on any atom is 0.150 e. The molecule has 0 atom stereocenters. The highest BCUT2D eigenvalue weighted by Gasteiger charge is 2.40. The molecule has 0 spiro atoms. The molecule has 1 aliphatic rings. The van der Waals surface area contributed by atoms with Crippen molar-refractivity contribution in [2.24, 2.45) is 5.41 Å².